The lowest BCUT2D eigenvalue weighted by atomic mass is 10.0. The van der Waals surface area contributed by atoms with Crippen molar-refractivity contribution in [1.82, 2.24) is 20.2 Å². The highest BCUT2D eigenvalue weighted by molar-refractivity contribution is 6.06. The fourth-order valence-corrected chi connectivity index (χ4v) is 4.78. The molecule has 0 spiro atoms. The maximum absolute atomic E-state index is 14.5. The number of amides is 2. The predicted octanol–water partition coefficient (Wildman–Crippen LogP) is 2.88. The second kappa shape index (κ2) is 11.4. The molecule has 202 valence electrons. The first kappa shape index (κ1) is 26.1. The number of rotatable bonds is 7. The van der Waals surface area contributed by atoms with Crippen LogP contribution in [0, 0.1) is 17.7 Å². The zero-order chi connectivity index (χ0) is 27.4. The lowest BCUT2D eigenvalue weighted by Crippen LogP contribution is -2.51. The molecule has 39 heavy (non-hydrogen) atoms. The number of halogens is 1. The monoisotopic (exact) mass is 533 g/mol. The van der Waals surface area contributed by atoms with Gasteiger partial charge in [0.05, 0.1) is 55.2 Å². The largest absolute Gasteiger partial charge is 0.492 e. The molecule has 1 saturated heterocycles. The van der Waals surface area contributed by atoms with Gasteiger partial charge >= 0.3 is 0 Å². The number of nitrogens with zero attached hydrogens (tertiary/aromatic N) is 2. The van der Waals surface area contributed by atoms with Gasteiger partial charge in [-0.3, -0.25) is 14.6 Å². The van der Waals surface area contributed by atoms with Gasteiger partial charge in [-0.2, -0.15) is 0 Å². The maximum atomic E-state index is 14.5. The van der Waals surface area contributed by atoms with Gasteiger partial charge in [-0.25, -0.2) is 4.39 Å². The highest BCUT2D eigenvalue weighted by Crippen LogP contribution is 2.42. The molecule has 0 saturated carbocycles. The van der Waals surface area contributed by atoms with E-state index in [4.69, 9.17) is 14.2 Å². The van der Waals surface area contributed by atoms with Crippen LogP contribution in [0.3, 0.4) is 0 Å². The minimum Gasteiger partial charge on any atom is -0.492 e. The minimum atomic E-state index is -0.535. The molecule has 0 unspecified atom stereocenters. The smallest absolute Gasteiger partial charge is 0.298 e. The first-order chi connectivity index (χ1) is 19.0. The number of pyridine rings is 1. The van der Waals surface area contributed by atoms with Crippen molar-refractivity contribution in [1.29, 1.82) is 0 Å². The van der Waals surface area contributed by atoms with Crippen LogP contribution in [0.15, 0.2) is 36.7 Å². The van der Waals surface area contributed by atoms with E-state index in [1.807, 2.05) is 0 Å². The zero-order valence-corrected chi connectivity index (χ0v) is 21.6. The number of methoxy groups -OCH3 is 1. The summed E-state index contributed by atoms with van der Waals surface area (Å²) in [5.41, 5.74) is 3.20. The molecule has 1 fully saturated rings. The second-order valence-corrected chi connectivity index (χ2v) is 8.97. The number of H-pyrrole nitrogens is 1. The van der Waals surface area contributed by atoms with Crippen LogP contribution in [0.2, 0.25) is 0 Å². The Kier molecular flexibility index (Phi) is 7.65. The number of hydrogen-bond donors (Lipinski definition) is 3. The third kappa shape index (κ3) is 5.24. The van der Waals surface area contributed by atoms with Crippen molar-refractivity contribution in [3.8, 4) is 34.6 Å². The molecule has 5 rings (SSSR count). The van der Waals surface area contributed by atoms with Crippen LogP contribution >= 0.6 is 0 Å². The van der Waals surface area contributed by atoms with Crippen molar-refractivity contribution in [2.24, 2.45) is 0 Å². The molecule has 3 N–H and O–H groups in total. The molecule has 11 heteroatoms. The normalized spacial score (nSPS) is 16.4. The number of ether oxygens (including phenoxy) is 3. The van der Waals surface area contributed by atoms with E-state index in [2.05, 4.69) is 32.4 Å². The SMILES string of the molecule is CC#CC(=O)N1CCOC[C@H]1COc1cnccc1-c1[nH]c2c(c1Nc1cccc(F)c1OC)C(=O)NCC2. The molecule has 4 heterocycles. The van der Waals surface area contributed by atoms with E-state index in [-0.39, 0.29) is 30.2 Å². The molecular weight excluding hydrogens is 505 g/mol. The Morgan fingerprint density at radius 3 is 3.05 bits per heavy atom. The third-order valence-electron chi connectivity index (χ3n) is 6.60. The van der Waals surface area contributed by atoms with Crippen LogP contribution in [0.4, 0.5) is 15.8 Å². The van der Waals surface area contributed by atoms with Crippen molar-refractivity contribution in [2.75, 3.05) is 45.3 Å². The summed E-state index contributed by atoms with van der Waals surface area (Å²) in [4.78, 5) is 34.7. The quantitative estimate of drug-likeness (QED) is 0.400. The Balaban J connectivity index is 1.51. The summed E-state index contributed by atoms with van der Waals surface area (Å²) in [6.07, 6.45) is 3.78. The Morgan fingerprint density at radius 1 is 1.36 bits per heavy atom. The minimum absolute atomic E-state index is 0.0260. The average molecular weight is 534 g/mol. The van der Waals surface area contributed by atoms with Crippen LogP contribution < -0.4 is 20.1 Å². The number of hydrogen-bond acceptors (Lipinski definition) is 7. The van der Waals surface area contributed by atoms with Crippen molar-refractivity contribution >= 4 is 23.2 Å². The van der Waals surface area contributed by atoms with Crippen LogP contribution in [-0.4, -0.2) is 72.7 Å². The number of carbonyl (C=O) groups excluding carboxylic acids is 2. The van der Waals surface area contributed by atoms with E-state index in [9.17, 15) is 14.0 Å². The van der Waals surface area contributed by atoms with Gasteiger partial charge in [-0.1, -0.05) is 12.0 Å². The highest BCUT2D eigenvalue weighted by atomic mass is 19.1. The third-order valence-corrected chi connectivity index (χ3v) is 6.60. The van der Waals surface area contributed by atoms with Crippen LogP contribution in [-0.2, 0) is 16.0 Å². The highest BCUT2D eigenvalue weighted by Gasteiger charge is 2.30. The Morgan fingerprint density at radius 2 is 2.23 bits per heavy atom. The van der Waals surface area contributed by atoms with Gasteiger partial charge in [0.2, 0.25) is 0 Å². The molecule has 2 aliphatic rings. The topological polar surface area (TPSA) is 118 Å². The zero-order valence-electron chi connectivity index (χ0n) is 21.6. The van der Waals surface area contributed by atoms with E-state index >= 15 is 0 Å². The number of anilines is 2. The van der Waals surface area contributed by atoms with E-state index in [0.717, 1.165) is 5.69 Å². The lowest BCUT2D eigenvalue weighted by molar-refractivity contribution is -0.134. The maximum Gasteiger partial charge on any atom is 0.298 e. The molecular formula is C28H28FN5O5. The number of carbonyl (C=O) groups is 2. The van der Waals surface area contributed by atoms with E-state index in [0.29, 0.717) is 66.7 Å². The number of morpholine rings is 1. The van der Waals surface area contributed by atoms with Gasteiger partial charge in [-0.05, 0) is 31.0 Å². The van der Waals surface area contributed by atoms with Gasteiger partial charge in [-0.15, -0.1) is 0 Å². The number of fused-ring (bicyclic) bond motifs is 1. The molecule has 0 aliphatic carbocycles. The number of aromatic amines is 1. The number of aromatic nitrogens is 2. The van der Waals surface area contributed by atoms with Crippen molar-refractivity contribution in [3.63, 3.8) is 0 Å². The molecule has 3 aromatic rings. The molecule has 0 radical (unpaired) electrons. The molecule has 2 amide bonds. The van der Waals surface area contributed by atoms with E-state index < -0.39 is 5.82 Å². The summed E-state index contributed by atoms with van der Waals surface area (Å²) < 4.78 is 31.5. The summed E-state index contributed by atoms with van der Waals surface area (Å²) >= 11 is 0. The van der Waals surface area contributed by atoms with Crippen LogP contribution in [0.25, 0.3) is 11.3 Å². The lowest BCUT2D eigenvalue weighted by Gasteiger charge is -2.34. The summed E-state index contributed by atoms with van der Waals surface area (Å²) in [7, 11) is 1.38. The van der Waals surface area contributed by atoms with Gasteiger partial charge in [0.15, 0.2) is 11.6 Å². The predicted molar refractivity (Wildman–Crippen MR) is 142 cm³/mol. The van der Waals surface area contributed by atoms with Gasteiger partial charge in [0.1, 0.15) is 12.4 Å². The second-order valence-electron chi connectivity index (χ2n) is 8.97. The summed E-state index contributed by atoms with van der Waals surface area (Å²) in [5, 5.41) is 6.08. The van der Waals surface area contributed by atoms with Crippen molar-refractivity contribution in [3.05, 3.63) is 53.7 Å². The number of benzene rings is 1. The summed E-state index contributed by atoms with van der Waals surface area (Å²) in [5.74, 6) is 4.62. The van der Waals surface area contributed by atoms with Gasteiger partial charge < -0.3 is 34.7 Å². The fourth-order valence-electron chi connectivity index (χ4n) is 4.78. The van der Waals surface area contributed by atoms with Gasteiger partial charge in [0, 0.05) is 37.0 Å². The number of nitrogens with one attached hydrogen (secondary N) is 3. The Bertz CT molecular complexity index is 1460. The summed E-state index contributed by atoms with van der Waals surface area (Å²) in [6, 6.07) is 5.96. The Labute approximate surface area is 224 Å². The Hall–Kier alpha value is -4.56. The van der Waals surface area contributed by atoms with Crippen molar-refractivity contribution < 1.29 is 28.2 Å². The first-order valence-corrected chi connectivity index (χ1v) is 12.5. The van der Waals surface area contributed by atoms with E-state index in [1.54, 1.807) is 42.4 Å². The molecule has 2 aromatic heterocycles. The first-order valence-electron chi connectivity index (χ1n) is 12.5. The number of para-hydroxylation sites is 1. The molecule has 1 atom stereocenters. The molecule has 2 aliphatic heterocycles. The molecule has 10 nitrogen and oxygen atoms in total. The fraction of sp³-hybridized carbons (Fsp3) is 0.321. The van der Waals surface area contributed by atoms with Crippen molar-refractivity contribution in [2.45, 2.75) is 19.4 Å². The molecule has 0 bridgehead atoms. The van der Waals surface area contributed by atoms with Gasteiger partial charge in [0.25, 0.3) is 11.8 Å². The molecule has 1 aromatic carbocycles. The average Bonchev–Trinajstić information content (AvgIpc) is 3.31. The van der Waals surface area contributed by atoms with Crippen LogP contribution in [0.5, 0.6) is 11.5 Å². The standard InChI is InChI=1S/C28H28FN5O5/c1-3-5-23(35)34-12-13-38-15-17(34)16-39-22-14-30-10-8-18(22)25-26(24-20(32-25)9-11-31-28(24)36)33-21-7-4-6-19(29)27(21)37-2/h4,6-8,10,14,17,32-33H,9,11-13,15-16H2,1-2H3,(H,31,36)/t17-/m0/s1. The summed E-state index contributed by atoms with van der Waals surface area (Å²) in [6.45, 7) is 3.42. The van der Waals surface area contributed by atoms with E-state index in [1.165, 1.54) is 13.2 Å². The van der Waals surface area contributed by atoms with Crippen LogP contribution in [0.1, 0.15) is 23.0 Å².